The summed E-state index contributed by atoms with van der Waals surface area (Å²) in [6.07, 6.45) is 7.61. The van der Waals surface area contributed by atoms with Crippen LogP contribution in [0.4, 0.5) is 0 Å². The van der Waals surface area contributed by atoms with Crippen molar-refractivity contribution in [3.63, 3.8) is 0 Å². The van der Waals surface area contributed by atoms with Crippen LogP contribution < -0.4 is 0 Å². The molecule has 1 saturated heterocycles. The highest BCUT2D eigenvalue weighted by Crippen LogP contribution is 2.69. The fourth-order valence-electron chi connectivity index (χ4n) is 6.54. The predicted molar refractivity (Wildman–Crippen MR) is 81.1 cm³/mol. The lowest BCUT2D eigenvalue weighted by atomic mass is 9.49. The van der Waals surface area contributed by atoms with Crippen molar-refractivity contribution in [1.29, 1.82) is 0 Å². The van der Waals surface area contributed by atoms with E-state index >= 15 is 0 Å². The minimum atomic E-state index is -0.786. The summed E-state index contributed by atoms with van der Waals surface area (Å²) in [6.45, 7) is 0.548. The van der Waals surface area contributed by atoms with Gasteiger partial charge in [-0.05, 0) is 79.9 Å². The summed E-state index contributed by atoms with van der Waals surface area (Å²) in [5.74, 6) is 2.35. The van der Waals surface area contributed by atoms with Gasteiger partial charge in [0.1, 0.15) is 5.75 Å². The third-order valence-electron chi connectivity index (χ3n) is 7.52. The summed E-state index contributed by atoms with van der Waals surface area (Å²) in [4.78, 5) is 11.8. The van der Waals surface area contributed by atoms with Gasteiger partial charge in [0.15, 0.2) is 5.60 Å². The molecule has 1 aromatic carbocycles. The Morgan fingerprint density at radius 1 is 0.957 bits per heavy atom. The molecule has 122 valence electrons. The molecule has 0 amide bonds. The first-order valence-electron chi connectivity index (χ1n) is 9.06. The summed E-state index contributed by atoms with van der Waals surface area (Å²) < 4.78 is 6.28. The fourth-order valence-corrected chi connectivity index (χ4v) is 6.54. The monoisotopic (exact) mass is 314 g/mol. The summed E-state index contributed by atoms with van der Waals surface area (Å²) in [6, 6.07) is 5.52. The molecule has 3 saturated carbocycles. The van der Waals surface area contributed by atoms with Crippen LogP contribution in [0.15, 0.2) is 18.2 Å². The standard InChI is InChI=1S/C19H22O4/c20-16-6-3-12-10-21-19(17(12)9-16)18(22-23-19)14-4-1-11-2-5-15(18)8-13(11)7-14/h3,6,9,11,13-15,20H,1-2,4-5,7-8,10H2/t11?,13?,14?,15?,18?,19-/m0/s1. The van der Waals surface area contributed by atoms with E-state index in [0.717, 1.165) is 23.0 Å². The van der Waals surface area contributed by atoms with Crippen LogP contribution in [0.3, 0.4) is 0 Å². The molecule has 3 atom stereocenters. The zero-order valence-electron chi connectivity index (χ0n) is 13.2. The minimum absolute atomic E-state index is 0.278. The van der Waals surface area contributed by atoms with Gasteiger partial charge in [-0.25, -0.2) is 4.89 Å². The predicted octanol–water partition coefficient (Wildman–Crippen LogP) is 3.62. The maximum Gasteiger partial charge on any atom is 0.261 e. The van der Waals surface area contributed by atoms with Gasteiger partial charge in [-0.15, -0.1) is 0 Å². The molecule has 2 spiro atoms. The summed E-state index contributed by atoms with van der Waals surface area (Å²) in [5.41, 5.74) is 1.78. The minimum Gasteiger partial charge on any atom is -0.508 e. The Balaban J connectivity index is 1.52. The Hall–Kier alpha value is -1.10. The topological polar surface area (TPSA) is 47.9 Å². The quantitative estimate of drug-likeness (QED) is 0.743. The fraction of sp³-hybridized carbons (Fsp3) is 0.684. The van der Waals surface area contributed by atoms with Crippen molar-refractivity contribution in [2.24, 2.45) is 23.7 Å². The molecule has 23 heavy (non-hydrogen) atoms. The van der Waals surface area contributed by atoms with E-state index in [9.17, 15) is 5.11 Å². The average molecular weight is 314 g/mol. The second-order valence-electron chi connectivity index (χ2n) is 8.25. The van der Waals surface area contributed by atoms with E-state index in [0.29, 0.717) is 18.4 Å². The number of ether oxygens (including phenoxy) is 1. The molecule has 5 aliphatic rings. The highest BCUT2D eigenvalue weighted by molar-refractivity contribution is 5.43. The summed E-state index contributed by atoms with van der Waals surface area (Å²) >= 11 is 0. The maximum atomic E-state index is 9.99. The van der Waals surface area contributed by atoms with Crippen LogP contribution in [0.25, 0.3) is 0 Å². The van der Waals surface area contributed by atoms with Crippen molar-refractivity contribution in [2.45, 2.75) is 56.5 Å². The Morgan fingerprint density at radius 2 is 1.74 bits per heavy atom. The average Bonchev–Trinajstić information content (AvgIpc) is 2.93. The lowest BCUT2D eigenvalue weighted by Crippen LogP contribution is -2.74. The number of phenolic OH excluding ortho intramolecular Hbond substituents is 1. The van der Waals surface area contributed by atoms with Crippen LogP contribution in [0.5, 0.6) is 5.75 Å². The van der Waals surface area contributed by atoms with E-state index < -0.39 is 5.79 Å². The molecular formula is C19H22O4. The second kappa shape index (κ2) is 4.11. The third kappa shape index (κ3) is 1.37. The van der Waals surface area contributed by atoms with Crippen LogP contribution in [0.1, 0.15) is 49.7 Å². The van der Waals surface area contributed by atoms with E-state index in [2.05, 4.69) is 0 Å². The van der Waals surface area contributed by atoms with Gasteiger partial charge < -0.3 is 9.84 Å². The van der Waals surface area contributed by atoms with Gasteiger partial charge in [0.25, 0.3) is 5.79 Å². The summed E-state index contributed by atoms with van der Waals surface area (Å²) in [5, 5.41) is 9.99. The molecule has 4 nitrogen and oxygen atoms in total. The lowest BCUT2D eigenvalue weighted by Gasteiger charge is -2.66. The Morgan fingerprint density at radius 3 is 2.43 bits per heavy atom. The molecule has 0 aromatic heterocycles. The van der Waals surface area contributed by atoms with Crippen molar-refractivity contribution in [3.05, 3.63) is 29.3 Å². The smallest absolute Gasteiger partial charge is 0.261 e. The molecule has 4 fully saturated rings. The zero-order valence-corrected chi connectivity index (χ0v) is 13.2. The maximum absolute atomic E-state index is 9.99. The number of phenols is 1. The van der Waals surface area contributed by atoms with Gasteiger partial charge in [0.2, 0.25) is 0 Å². The normalized spacial score (nSPS) is 49.4. The van der Waals surface area contributed by atoms with E-state index in [1.807, 2.05) is 12.1 Å². The highest BCUT2D eigenvalue weighted by atomic mass is 17.3. The SMILES string of the molecule is Oc1ccc2c(c1)[C@]1(OC2)OOC12C1CCC3CCC2CC3C1. The molecule has 3 bridgehead atoms. The van der Waals surface area contributed by atoms with Gasteiger partial charge in [0, 0.05) is 5.56 Å². The van der Waals surface area contributed by atoms with Crippen LogP contribution in [-0.2, 0) is 26.9 Å². The van der Waals surface area contributed by atoms with E-state index in [4.69, 9.17) is 14.5 Å². The zero-order chi connectivity index (χ0) is 15.2. The molecule has 2 heterocycles. The van der Waals surface area contributed by atoms with Crippen LogP contribution in [0, 0.1) is 23.7 Å². The van der Waals surface area contributed by atoms with E-state index in [1.54, 1.807) is 6.07 Å². The molecule has 2 unspecified atom stereocenters. The number of benzene rings is 1. The lowest BCUT2D eigenvalue weighted by molar-refractivity contribution is -0.643. The molecule has 2 aliphatic heterocycles. The van der Waals surface area contributed by atoms with Gasteiger partial charge in [0.05, 0.1) is 6.61 Å². The van der Waals surface area contributed by atoms with E-state index in [-0.39, 0.29) is 11.4 Å². The molecule has 1 N–H and O–H groups in total. The highest BCUT2D eigenvalue weighted by Gasteiger charge is 2.77. The molecule has 6 rings (SSSR count). The molecule has 3 aliphatic carbocycles. The second-order valence-corrected chi connectivity index (χ2v) is 8.25. The number of hydrogen-bond donors (Lipinski definition) is 1. The number of hydrogen-bond acceptors (Lipinski definition) is 4. The van der Waals surface area contributed by atoms with Crippen molar-refractivity contribution in [1.82, 2.24) is 0 Å². The van der Waals surface area contributed by atoms with Crippen molar-refractivity contribution < 1.29 is 19.6 Å². The Bertz CT molecular complexity index is 668. The first-order valence-corrected chi connectivity index (χ1v) is 9.06. The van der Waals surface area contributed by atoms with Gasteiger partial charge in [-0.1, -0.05) is 6.07 Å². The van der Waals surface area contributed by atoms with Gasteiger partial charge in [-0.3, -0.25) is 0 Å². The van der Waals surface area contributed by atoms with Crippen LogP contribution >= 0.6 is 0 Å². The summed E-state index contributed by atoms with van der Waals surface area (Å²) in [7, 11) is 0. The Kier molecular flexibility index (Phi) is 2.36. The molecule has 4 heteroatoms. The van der Waals surface area contributed by atoms with E-state index in [1.165, 1.54) is 38.5 Å². The molecule has 0 radical (unpaired) electrons. The van der Waals surface area contributed by atoms with Crippen LogP contribution in [0.2, 0.25) is 0 Å². The number of fused-ring (bicyclic) bond motifs is 7. The van der Waals surface area contributed by atoms with Gasteiger partial charge >= 0.3 is 0 Å². The number of rotatable bonds is 0. The van der Waals surface area contributed by atoms with Crippen molar-refractivity contribution >= 4 is 0 Å². The van der Waals surface area contributed by atoms with Crippen molar-refractivity contribution in [2.75, 3.05) is 0 Å². The molecule has 1 aromatic rings. The molecular weight excluding hydrogens is 292 g/mol. The largest absolute Gasteiger partial charge is 0.508 e. The first-order chi connectivity index (χ1) is 11.2. The van der Waals surface area contributed by atoms with Gasteiger partial charge in [-0.2, -0.15) is 4.89 Å². The first kappa shape index (κ1) is 13.2. The third-order valence-corrected chi connectivity index (χ3v) is 7.52. The van der Waals surface area contributed by atoms with Crippen molar-refractivity contribution in [3.8, 4) is 5.75 Å². The number of aromatic hydroxyl groups is 1. The van der Waals surface area contributed by atoms with Crippen LogP contribution in [-0.4, -0.2) is 10.7 Å². The Labute approximate surface area is 135 Å².